The van der Waals surface area contributed by atoms with Crippen molar-refractivity contribution in [3.63, 3.8) is 0 Å². The summed E-state index contributed by atoms with van der Waals surface area (Å²) in [5.41, 5.74) is 0. The summed E-state index contributed by atoms with van der Waals surface area (Å²) in [6.07, 6.45) is 2.16. The van der Waals surface area contributed by atoms with Crippen LogP contribution < -0.4 is 0 Å². The Kier molecular flexibility index (Phi) is 5.37. The molecule has 0 amide bonds. The second-order valence-corrected chi connectivity index (χ2v) is 2.60. The Morgan fingerprint density at radius 3 is 2.33 bits per heavy atom. The van der Waals surface area contributed by atoms with Gasteiger partial charge in [0, 0.05) is 0 Å². The summed E-state index contributed by atoms with van der Waals surface area (Å²) in [4.78, 5) is 12.7. The van der Waals surface area contributed by atoms with Gasteiger partial charge in [-0.3, -0.25) is 9.69 Å². The molecule has 0 saturated heterocycles. The number of aliphatic carboxylic acids is 1. The smallest absolute Gasteiger partial charge is 0.321 e. The molecule has 0 fully saturated rings. The van der Waals surface area contributed by atoms with E-state index >= 15 is 0 Å². The lowest BCUT2D eigenvalue weighted by Gasteiger charge is -2.24. The summed E-state index contributed by atoms with van der Waals surface area (Å²) in [7, 11) is 0. The molecule has 0 rings (SSSR count). The Morgan fingerprint density at radius 2 is 2.08 bits per heavy atom. The van der Waals surface area contributed by atoms with Gasteiger partial charge in [0.2, 0.25) is 0 Å². The number of carboxylic acid groups (broad SMARTS) is 1. The first-order valence-corrected chi connectivity index (χ1v) is 4.25. The molecule has 3 nitrogen and oxygen atoms in total. The van der Waals surface area contributed by atoms with Crippen LogP contribution in [-0.2, 0) is 4.79 Å². The van der Waals surface area contributed by atoms with Crippen LogP contribution >= 0.6 is 0 Å². The third-order valence-corrected chi connectivity index (χ3v) is 1.93. The molecular weight excluding hydrogens is 154 g/mol. The van der Waals surface area contributed by atoms with Crippen molar-refractivity contribution in [2.24, 2.45) is 0 Å². The third kappa shape index (κ3) is 3.05. The van der Waals surface area contributed by atoms with E-state index < -0.39 is 12.0 Å². The summed E-state index contributed by atoms with van der Waals surface area (Å²) in [6.45, 7) is 9.00. The monoisotopic (exact) mass is 171 g/mol. The molecule has 12 heavy (non-hydrogen) atoms. The second kappa shape index (κ2) is 5.77. The molecule has 0 radical (unpaired) electrons. The zero-order chi connectivity index (χ0) is 9.56. The van der Waals surface area contributed by atoms with Gasteiger partial charge in [0.05, 0.1) is 0 Å². The Hall–Kier alpha value is -0.830. The highest BCUT2D eigenvalue weighted by Gasteiger charge is 2.20. The topological polar surface area (TPSA) is 40.5 Å². The lowest BCUT2D eigenvalue weighted by Crippen LogP contribution is -2.40. The molecule has 3 heteroatoms. The van der Waals surface area contributed by atoms with Crippen molar-refractivity contribution < 1.29 is 9.90 Å². The minimum absolute atomic E-state index is 0.405. The Bertz CT molecular complexity index is 153. The lowest BCUT2D eigenvalue weighted by molar-refractivity contribution is -0.143. The maximum absolute atomic E-state index is 10.8. The molecule has 0 spiro atoms. The van der Waals surface area contributed by atoms with Crippen LogP contribution in [0.25, 0.3) is 0 Å². The average Bonchev–Trinajstić information content (AvgIpc) is 2.05. The van der Waals surface area contributed by atoms with E-state index in [-0.39, 0.29) is 0 Å². The van der Waals surface area contributed by atoms with Crippen LogP contribution in [0.4, 0.5) is 0 Å². The van der Waals surface area contributed by atoms with Crippen molar-refractivity contribution in [1.29, 1.82) is 0 Å². The summed E-state index contributed by atoms with van der Waals surface area (Å²) >= 11 is 0. The van der Waals surface area contributed by atoms with Gasteiger partial charge in [0.1, 0.15) is 6.04 Å². The molecule has 70 valence electrons. The van der Waals surface area contributed by atoms with Gasteiger partial charge in [-0.1, -0.05) is 19.9 Å². The van der Waals surface area contributed by atoms with Gasteiger partial charge < -0.3 is 5.11 Å². The molecule has 0 aromatic heterocycles. The van der Waals surface area contributed by atoms with Crippen LogP contribution in [0, 0.1) is 0 Å². The first-order valence-electron chi connectivity index (χ1n) is 4.25. The van der Waals surface area contributed by atoms with E-state index in [4.69, 9.17) is 5.11 Å². The highest BCUT2D eigenvalue weighted by molar-refractivity contribution is 5.73. The van der Waals surface area contributed by atoms with Crippen molar-refractivity contribution in [1.82, 2.24) is 4.90 Å². The summed E-state index contributed by atoms with van der Waals surface area (Å²) in [5, 5.41) is 8.85. The summed E-state index contributed by atoms with van der Waals surface area (Å²) in [6, 6.07) is -0.405. The number of carbonyl (C=O) groups is 1. The molecule has 0 bridgehead atoms. The molecule has 0 aromatic carbocycles. The molecule has 1 N–H and O–H groups in total. The zero-order valence-electron chi connectivity index (χ0n) is 7.79. The molecule has 0 aromatic rings. The number of rotatable bonds is 6. The second-order valence-electron chi connectivity index (χ2n) is 2.60. The highest BCUT2D eigenvalue weighted by atomic mass is 16.4. The van der Waals surface area contributed by atoms with Gasteiger partial charge in [-0.15, -0.1) is 6.58 Å². The number of likely N-dealkylation sites (N-methyl/N-ethyl adjacent to an activating group) is 1. The van der Waals surface area contributed by atoms with Crippen LogP contribution in [0.2, 0.25) is 0 Å². The van der Waals surface area contributed by atoms with Crippen molar-refractivity contribution in [3.8, 4) is 0 Å². The average molecular weight is 171 g/mol. The van der Waals surface area contributed by atoms with Gasteiger partial charge in [-0.2, -0.15) is 0 Å². The predicted molar refractivity (Wildman–Crippen MR) is 49.2 cm³/mol. The van der Waals surface area contributed by atoms with E-state index in [0.717, 1.165) is 13.1 Å². The molecule has 1 unspecified atom stereocenters. The SMILES string of the molecule is C=CCC(C(=O)O)N(CC)CC. The van der Waals surface area contributed by atoms with Crippen LogP contribution in [0.15, 0.2) is 12.7 Å². The Labute approximate surface area is 73.7 Å². The molecule has 0 heterocycles. The quantitative estimate of drug-likeness (QED) is 0.613. The largest absolute Gasteiger partial charge is 0.480 e. The fraction of sp³-hybridized carbons (Fsp3) is 0.667. The first kappa shape index (κ1) is 11.2. The van der Waals surface area contributed by atoms with E-state index in [1.165, 1.54) is 0 Å². The maximum atomic E-state index is 10.8. The van der Waals surface area contributed by atoms with Crippen LogP contribution in [0.1, 0.15) is 20.3 Å². The van der Waals surface area contributed by atoms with Crippen LogP contribution in [0.3, 0.4) is 0 Å². The van der Waals surface area contributed by atoms with Gasteiger partial charge in [-0.05, 0) is 19.5 Å². The minimum atomic E-state index is -0.765. The van der Waals surface area contributed by atoms with Gasteiger partial charge in [0.25, 0.3) is 0 Å². The van der Waals surface area contributed by atoms with E-state index in [0.29, 0.717) is 6.42 Å². The number of nitrogens with zero attached hydrogens (tertiary/aromatic N) is 1. The molecule has 0 aliphatic carbocycles. The Morgan fingerprint density at radius 1 is 1.58 bits per heavy atom. The Balaban J connectivity index is 4.24. The van der Waals surface area contributed by atoms with Crippen LogP contribution in [-0.4, -0.2) is 35.1 Å². The first-order chi connectivity index (χ1) is 5.67. The maximum Gasteiger partial charge on any atom is 0.321 e. The number of hydrogen-bond acceptors (Lipinski definition) is 2. The number of hydrogen-bond donors (Lipinski definition) is 1. The molecule has 0 saturated carbocycles. The normalized spacial score (nSPS) is 12.9. The van der Waals surface area contributed by atoms with Gasteiger partial charge in [0.15, 0.2) is 0 Å². The fourth-order valence-corrected chi connectivity index (χ4v) is 1.23. The van der Waals surface area contributed by atoms with Gasteiger partial charge in [-0.25, -0.2) is 0 Å². The third-order valence-electron chi connectivity index (χ3n) is 1.93. The minimum Gasteiger partial charge on any atom is -0.480 e. The van der Waals surface area contributed by atoms with E-state index in [1.54, 1.807) is 6.08 Å². The summed E-state index contributed by atoms with van der Waals surface area (Å²) in [5.74, 6) is -0.765. The molecular formula is C9H17NO2. The highest BCUT2D eigenvalue weighted by Crippen LogP contribution is 2.04. The standard InChI is InChI=1S/C9H17NO2/c1-4-7-8(9(11)12)10(5-2)6-3/h4,8H,1,5-7H2,2-3H3,(H,11,12). The lowest BCUT2D eigenvalue weighted by atomic mass is 10.2. The van der Waals surface area contributed by atoms with Crippen LogP contribution in [0.5, 0.6) is 0 Å². The summed E-state index contributed by atoms with van der Waals surface area (Å²) < 4.78 is 0. The predicted octanol–water partition coefficient (Wildman–Crippen LogP) is 1.36. The van der Waals surface area contributed by atoms with Crippen molar-refractivity contribution >= 4 is 5.97 Å². The zero-order valence-corrected chi connectivity index (χ0v) is 7.79. The van der Waals surface area contributed by atoms with E-state index in [9.17, 15) is 4.79 Å². The van der Waals surface area contributed by atoms with E-state index in [2.05, 4.69) is 6.58 Å². The van der Waals surface area contributed by atoms with Crippen molar-refractivity contribution in [2.75, 3.05) is 13.1 Å². The molecule has 0 aliphatic heterocycles. The molecule has 0 aliphatic rings. The van der Waals surface area contributed by atoms with E-state index in [1.807, 2.05) is 18.7 Å². The van der Waals surface area contributed by atoms with Gasteiger partial charge >= 0.3 is 5.97 Å². The fourth-order valence-electron chi connectivity index (χ4n) is 1.23. The van der Waals surface area contributed by atoms with Crippen molar-refractivity contribution in [2.45, 2.75) is 26.3 Å². The molecule has 1 atom stereocenters. The number of carboxylic acids is 1. The van der Waals surface area contributed by atoms with Crippen molar-refractivity contribution in [3.05, 3.63) is 12.7 Å².